The fourth-order valence-electron chi connectivity index (χ4n) is 4.94. The van der Waals surface area contributed by atoms with E-state index in [2.05, 4.69) is 78.9 Å². The molecule has 0 atom stereocenters. The number of nitrogens with zero attached hydrogens (tertiary/aromatic N) is 3. The number of rotatable bonds is 2. The highest BCUT2D eigenvalue weighted by molar-refractivity contribution is 6.19. The van der Waals surface area contributed by atoms with Gasteiger partial charge in [0.1, 0.15) is 0 Å². The van der Waals surface area contributed by atoms with Crippen LogP contribution in [0.5, 0.6) is 0 Å². The highest BCUT2D eigenvalue weighted by atomic mass is 14.7. The zero-order chi connectivity index (χ0) is 22.5. The van der Waals surface area contributed by atoms with Gasteiger partial charge in [-0.15, -0.1) is 0 Å². The van der Waals surface area contributed by atoms with E-state index in [9.17, 15) is 0 Å². The first-order valence-electron chi connectivity index (χ1n) is 11.4. The number of hydrogen-bond donors (Lipinski definition) is 0. The fraction of sp³-hybridized carbons (Fsp3) is 0. The van der Waals surface area contributed by atoms with Crippen molar-refractivity contribution in [1.29, 1.82) is 0 Å². The van der Waals surface area contributed by atoms with Gasteiger partial charge in [-0.05, 0) is 41.1 Å². The minimum atomic E-state index is 0.927. The predicted octanol–water partition coefficient (Wildman–Crippen LogP) is 7.82. The molecule has 7 aromatic rings. The summed E-state index contributed by atoms with van der Waals surface area (Å²) in [6.45, 7) is 0. The summed E-state index contributed by atoms with van der Waals surface area (Å²) in [5.41, 5.74) is 6.95. The Morgan fingerprint density at radius 3 is 1.62 bits per heavy atom. The number of aromatic nitrogens is 3. The Morgan fingerprint density at radius 1 is 0.412 bits per heavy atom. The van der Waals surface area contributed by atoms with E-state index < -0.39 is 0 Å². The van der Waals surface area contributed by atoms with Crippen molar-refractivity contribution in [3.63, 3.8) is 0 Å². The van der Waals surface area contributed by atoms with Crippen molar-refractivity contribution in [2.24, 2.45) is 0 Å². The summed E-state index contributed by atoms with van der Waals surface area (Å²) in [4.78, 5) is 14.9. The third kappa shape index (κ3) is 2.87. The largest absolute Gasteiger partial charge is 0.256 e. The summed E-state index contributed by atoms with van der Waals surface area (Å²) in [7, 11) is 0. The summed E-state index contributed by atoms with van der Waals surface area (Å²) < 4.78 is 0. The van der Waals surface area contributed by atoms with Crippen LogP contribution in [0.15, 0.2) is 115 Å². The Kier molecular flexibility index (Phi) is 4.15. The normalized spacial score (nSPS) is 11.5. The first kappa shape index (κ1) is 18.9. The Morgan fingerprint density at radius 2 is 0.941 bits per heavy atom. The molecule has 0 saturated carbocycles. The molecule has 3 heteroatoms. The van der Waals surface area contributed by atoms with Crippen molar-refractivity contribution in [1.82, 2.24) is 15.0 Å². The molecule has 0 N–H and O–H groups in total. The molecule has 0 bridgehead atoms. The van der Waals surface area contributed by atoms with E-state index in [4.69, 9.17) is 15.0 Å². The Balaban J connectivity index is 1.61. The van der Waals surface area contributed by atoms with E-state index in [1.165, 1.54) is 0 Å². The molecule has 4 aromatic carbocycles. The van der Waals surface area contributed by atoms with Gasteiger partial charge in [-0.3, -0.25) is 4.98 Å². The third-order valence-corrected chi connectivity index (χ3v) is 6.49. The molecule has 3 heterocycles. The van der Waals surface area contributed by atoms with E-state index in [1.807, 2.05) is 36.5 Å². The lowest BCUT2D eigenvalue weighted by Gasteiger charge is -2.16. The van der Waals surface area contributed by atoms with E-state index >= 15 is 0 Å². The van der Waals surface area contributed by atoms with Crippen molar-refractivity contribution in [3.8, 4) is 22.5 Å². The lowest BCUT2D eigenvalue weighted by atomic mass is 9.90. The van der Waals surface area contributed by atoms with Gasteiger partial charge in [0.2, 0.25) is 0 Å². The van der Waals surface area contributed by atoms with Crippen LogP contribution in [0.3, 0.4) is 0 Å². The molecule has 0 amide bonds. The zero-order valence-electron chi connectivity index (χ0n) is 18.3. The van der Waals surface area contributed by atoms with Crippen molar-refractivity contribution in [2.75, 3.05) is 0 Å². The van der Waals surface area contributed by atoms with E-state index in [0.29, 0.717) is 0 Å². The van der Waals surface area contributed by atoms with Gasteiger partial charge in [0.15, 0.2) is 0 Å². The molecular formula is C31H19N3. The molecule has 0 aliphatic carbocycles. The number of para-hydroxylation sites is 2. The monoisotopic (exact) mass is 433 g/mol. The van der Waals surface area contributed by atoms with Gasteiger partial charge >= 0.3 is 0 Å². The van der Waals surface area contributed by atoms with Crippen LogP contribution < -0.4 is 0 Å². The van der Waals surface area contributed by atoms with Gasteiger partial charge in [0.25, 0.3) is 0 Å². The second-order valence-corrected chi connectivity index (χ2v) is 8.47. The first-order valence-corrected chi connectivity index (χ1v) is 11.4. The molecule has 0 saturated heterocycles. The minimum Gasteiger partial charge on any atom is -0.256 e. The molecule has 3 nitrogen and oxygen atoms in total. The predicted molar refractivity (Wildman–Crippen MR) is 141 cm³/mol. The molecule has 158 valence electrons. The molecule has 0 fully saturated rings. The highest BCUT2D eigenvalue weighted by Crippen LogP contribution is 2.42. The van der Waals surface area contributed by atoms with E-state index in [-0.39, 0.29) is 0 Å². The van der Waals surface area contributed by atoms with Crippen molar-refractivity contribution in [2.45, 2.75) is 0 Å². The summed E-state index contributed by atoms with van der Waals surface area (Å²) in [6, 6.07) is 37.6. The Hall–Kier alpha value is -4.63. The molecule has 0 spiro atoms. The van der Waals surface area contributed by atoms with Crippen LogP contribution in [0.25, 0.3) is 66.0 Å². The highest BCUT2D eigenvalue weighted by Gasteiger charge is 2.19. The second kappa shape index (κ2) is 7.46. The SMILES string of the molecule is c1ccc2nc(-c3c4ccccc4c(-c4ccc5ccccc5n4)c4ncccc34)ccc2c1. The maximum absolute atomic E-state index is 5.05. The summed E-state index contributed by atoms with van der Waals surface area (Å²) in [5.74, 6) is 0. The van der Waals surface area contributed by atoms with E-state index in [1.54, 1.807) is 0 Å². The summed E-state index contributed by atoms with van der Waals surface area (Å²) in [5, 5.41) is 5.62. The van der Waals surface area contributed by atoms with Crippen LogP contribution in [0.2, 0.25) is 0 Å². The zero-order valence-corrected chi connectivity index (χ0v) is 18.3. The van der Waals surface area contributed by atoms with Gasteiger partial charge in [0.05, 0.1) is 27.9 Å². The van der Waals surface area contributed by atoms with Crippen molar-refractivity contribution >= 4 is 43.5 Å². The molecule has 34 heavy (non-hydrogen) atoms. The smallest absolute Gasteiger partial charge is 0.0809 e. The van der Waals surface area contributed by atoms with Gasteiger partial charge < -0.3 is 0 Å². The van der Waals surface area contributed by atoms with Crippen molar-refractivity contribution in [3.05, 3.63) is 115 Å². The van der Waals surface area contributed by atoms with Gasteiger partial charge in [-0.2, -0.15) is 0 Å². The Bertz CT molecular complexity index is 1680. The Labute approximate surface area is 196 Å². The fourth-order valence-corrected chi connectivity index (χ4v) is 4.94. The van der Waals surface area contributed by atoms with Crippen LogP contribution in [0, 0.1) is 0 Å². The second-order valence-electron chi connectivity index (χ2n) is 8.47. The van der Waals surface area contributed by atoms with E-state index in [0.717, 1.165) is 66.0 Å². The third-order valence-electron chi connectivity index (χ3n) is 6.49. The number of pyridine rings is 3. The number of fused-ring (bicyclic) bond motifs is 4. The van der Waals surface area contributed by atoms with Crippen LogP contribution in [0.4, 0.5) is 0 Å². The van der Waals surface area contributed by atoms with Gasteiger partial charge in [-0.25, -0.2) is 9.97 Å². The van der Waals surface area contributed by atoms with Gasteiger partial charge in [-0.1, -0.05) is 78.9 Å². The average molecular weight is 434 g/mol. The van der Waals surface area contributed by atoms with Crippen LogP contribution in [-0.4, -0.2) is 15.0 Å². The molecule has 0 radical (unpaired) electrons. The molecular weight excluding hydrogens is 414 g/mol. The van der Waals surface area contributed by atoms with Crippen LogP contribution >= 0.6 is 0 Å². The van der Waals surface area contributed by atoms with Crippen LogP contribution in [0.1, 0.15) is 0 Å². The standard InChI is InChI=1S/C31H19N3/c1-5-13-25-20(8-1)15-17-27(33-25)29-22-10-3-4-11-23(22)30(31-24(29)12-7-19-32-31)28-18-16-21-9-2-6-14-26(21)34-28/h1-19H. The van der Waals surface area contributed by atoms with Crippen molar-refractivity contribution < 1.29 is 0 Å². The van der Waals surface area contributed by atoms with Gasteiger partial charge in [0, 0.05) is 33.5 Å². The topological polar surface area (TPSA) is 38.7 Å². The lowest BCUT2D eigenvalue weighted by Crippen LogP contribution is -1.95. The quantitative estimate of drug-likeness (QED) is 0.261. The molecule has 0 aliphatic rings. The van der Waals surface area contributed by atoms with Crippen LogP contribution in [-0.2, 0) is 0 Å². The number of hydrogen-bond acceptors (Lipinski definition) is 3. The molecule has 7 rings (SSSR count). The lowest BCUT2D eigenvalue weighted by molar-refractivity contribution is 1.37. The molecule has 3 aromatic heterocycles. The molecule has 0 aliphatic heterocycles. The minimum absolute atomic E-state index is 0.927. The average Bonchev–Trinajstić information content (AvgIpc) is 2.91. The molecule has 0 unspecified atom stereocenters. The maximum atomic E-state index is 5.05. The summed E-state index contributed by atoms with van der Waals surface area (Å²) in [6.07, 6.45) is 1.86. The summed E-state index contributed by atoms with van der Waals surface area (Å²) >= 11 is 0. The number of benzene rings is 4. The first-order chi connectivity index (χ1) is 16.9. The maximum Gasteiger partial charge on any atom is 0.0809 e.